The molecule has 1 atom stereocenters. The highest BCUT2D eigenvalue weighted by molar-refractivity contribution is 5.80. The standard InChI is InChI=1S/C16H32N4O2/c1-3-18-16(19-9-5-4-6-11-22-2)20-10-7-8-14(13-20)12-15(17)21/h14H,3-13H2,1-2H3,(H2,17,21)(H,18,19). The van der Waals surface area contributed by atoms with E-state index in [4.69, 9.17) is 15.5 Å². The number of primary amides is 1. The summed E-state index contributed by atoms with van der Waals surface area (Å²) >= 11 is 0. The molecule has 1 amide bonds. The molecule has 0 radical (unpaired) electrons. The number of carbonyl (C=O) groups excluding carboxylic acids is 1. The van der Waals surface area contributed by atoms with Crippen LogP contribution in [0.3, 0.4) is 0 Å². The number of aliphatic imine (C=N–C) groups is 1. The molecule has 1 fully saturated rings. The van der Waals surface area contributed by atoms with Crippen molar-refractivity contribution in [3.63, 3.8) is 0 Å². The number of amides is 1. The molecule has 1 heterocycles. The van der Waals surface area contributed by atoms with Gasteiger partial charge in [-0.05, 0) is 44.9 Å². The summed E-state index contributed by atoms with van der Waals surface area (Å²) in [7, 11) is 1.74. The molecule has 1 rings (SSSR count). The molecule has 0 aliphatic carbocycles. The highest BCUT2D eigenvalue weighted by Crippen LogP contribution is 2.19. The summed E-state index contributed by atoms with van der Waals surface area (Å²) in [5, 5.41) is 3.36. The quantitative estimate of drug-likeness (QED) is 0.383. The molecule has 0 spiro atoms. The lowest BCUT2D eigenvalue weighted by Crippen LogP contribution is -2.47. The van der Waals surface area contributed by atoms with Gasteiger partial charge in [-0.25, -0.2) is 0 Å². The van der Waals surface area contributed by atoms with E-state index in [0.717, 1.165) is 70.8 Å². The monoisotopic (exact) mass is 312 g/mol. The number of ether oxygens (including phenoxy) is 1. The molecule has 3 N–H and O–H groups in total. The van der Waals surface area contributed by atoms with Crippen LogP contribution in [-0.4, -0.2) is 56.7 Å². The summed E-state index contributed by atoms with van der Waals surface area (Å²) < 4.78 is 5.05. The Kier molecular flexibility index (Phi) is 9.62. The Bertz CT molecular complexity index is 347. The first-order valence-electron chi connectivity index (χ1n) is 8.47. The Morgan fingerprint density at radius 1 is 1.41 bits per heavy atom. The van der Waals surface area contributed by atoms with Gasteiger partial charge in [0.25, 0.3) is 0 Å². The summed E-state index contributed by atoms with van der Waals surface area (Å²) in [5.41, 5.74) is 5.33. The van der Waals surface area contributed by atoms with E-state index in [1.54, 1.807) is 7.11 Å². The number of nitrogens with zero attached hydrogens (tertiary/aromatic N) is 2. The minimum Gasteiger partial charge on any atom is -0.385 e. The summed E-state index contributed by atoms with van der Waals surface area (Å²) in [5.74, 6) is 1.13. The molecule has 0 aromatic rings. The summed E-state index contributed by atoms with van der Waals surface area (Å²) in [4.78, 5) is 18.1. The van der Waals surface area contributed by atoms with Crippen molar-refractivity contribution in [1.29, 1.82) is 0 Å². The van der Waals surface area contributed by atoms with Crippen molar-refractivity contribution in [2.24, 2.45) is 16.6 Å². The Morgan fingerprint density at radius 3 is 2.91 bits per heavy atom. The van der Waals surface area contributed by atoms with Crippen LogP contribution in [0.25, 0.3) is 0 Å². The molecule has 0 saturated carbocycles. The molecule has 0 bridgehead atoms. The Labute approximate surface area is 134 Å². The van der Waals surface area contributed by atoms with Crippen LogP contribution in [0.4, 0.5) is 0 Å². The van der Waals surface area contributed by atoms with Crippen LogP contribution in [0, 0.1) is 5.92 Å². The van der Waals surface area contributed by atoms with Crippen molar-refractivity contribution in [3.8, 4) is 0 Å². The molecular formula is C16H32N4O2. The lowest BCUT2D eigenvalue weighted by Gasteiger charge is -2.34. The van der Waals surface area contributed by atoms with E-state index in [2.05, 4.69) is 17.1 Å². The highest BCUT2D eigenvalue weighted by Gasteiger charge is 2.23. The minimum absolute atomic E-state index is 0.202. The zero-order valence-electron chi connectivity index (χ0n) is 14.1. The minimum atomic E-state index is -0.202. The maximum atomic E-state index is 11.1. The molecule has 1 aliphatic rings. The van der Waals surface area contributed by atoms with Crippen LogP contribution < -0.4 is 11.1 Å². The van der Waals surface area contributed by atoms with Gasteiger partial charge in [-0.1, -0.05) is 0 Å². The molecule has 0 aromatic heterocycles. The fourth-order valence-corrected chi connectivity index (χ4v) is 2.85. The number of guanidine groups is 1. The van der Waals surface area contributed by atoms with Crippen LogP contribution >= 0.6 is 0 Å². The molecule has 1 saturated heterocycles. The Morgan fingerprint density at radius 2 is 2.23 bits per heavy atom. The SMILES string of the molecule is CCNC(=NCCCCCOC)N1CCCC(CC(N)=O)C1. The normalized spacial score (nSPS) is 19.3. The fourth-order valence-electron chi connectivity index (χ4n) is 2.85. The van der Waals surface area contributed by atoms with Crippen LogP contribution in [-0.2, 0) is 9.53 Å². The third kappa shape index (κ3) is 7.64. The van der Waals surface area contributed by atoms with Crippen molar-refractivity contribution < 1.29 is 9.53 Å². The number of piperidine rings is 1. The van der Waals surface area contributed by atoms with Crippen LogP contribution in [0.1, 0.15) is 45.4 Å². The lowest BCUT2D eigenvalue weighted by molar-refractivity contribution is -0.119. The Balaban J connectivity index is 2.44. The zero-order chi connectivity index (χ0) is 16.2. The number of hydrogen-bond acceptors (Lipinski definition) is 3. The van der Waals surface area contributed by atoms with Crippen molar-refractivity contribution in [3.05, 3.63) is 0 Å². The van der Waals surface area contributed by atoms with Gasteiger partial charge < -0.3 is 20.7 Å². The molecule has 1 unspecified atom stereocenters. The summed E-state index contributed by atoms with van der Waals surface area (Å²) in [6.45, 7) is 6.48. The Hall–Kier alpha value is -1.30. The topological polar surface area (TPSA) is 80.0 Å². The number of rotatable bonds is 9. The fraction of sp³-hybridized carbons (Fsp3) is 0.875. The number of hydrogen-bond donors (Lipinski definition) is 2. The maximum Gasteiger partial charge on any atom is 0.217 e. The number of likely N-dealkylation sites (tertiary alicyclic amines) is 1. The first-order chi connectivity index (χ1) is 10.7. The largest absolute Gasteiger partial charge is 0.385 e. The molecule has 128 valence electrons. The van der Waals surface area contributed by atoms with Gasteiger partial charge in [0.1, 0.15) is 0 Å². The third-order valence-electron chi connectivity index (χ3n) is 3.91. The van der Waals surface area contributed by atoms with Gasteiger partial charge in [-0.3, -0.25) is 9.79 Å². The van der Waals surface area contributed by atoms with E-state index in [0.29, 0.717) is 12.3 Å². The lowest BCUT2D eigenvalue weighted by atomic mass is 9.95. The van der Waals surface area contributed by atoms with Crippen molar-refractivity contribution in [2.45, 2.75) is 45.4 Å². The number of nitrogens with one attached hydrogen (secondary N) is 1. The van der Waals surface area contributed by atoms with Gasteiger partial charge in [0.05, 0.1) is 0 Å². The molecule has 1 aliphatic heterocycles. The summed E-state index contributed by atoms with van der Waals surface area (Å²) in [6.07, 6.45) is 5.96. The second-order valence-corrected chi connectivity index (χ2v) is 5.91. The maximum absolute atomic E-state index is 11.1. The van der Waals surface area contributed by atoms with Crippen LogP contribution in [0.15, 0.2) is 4.99 Å². The smallest absolute Gasteiger partial charge is 0.217 e. The molecule has 0 aromatic carbocycles. The van der Waals surface area contributed by atoms with E-state index in [1.165, 1.54) is 0 Å². The molecule has 6 heteroatoms. The van der Waals surface area contributed by atoms with Gasteiger partial charge in [0, 0.05) is 46.3 Å². The first kappa shape index (κ1) is 18.7. The first-order valence-corrected chi connectivity index (χ1v) is 8.47. The van der Waals surface area contributed by atoms with Gasteiger partial charge >= 0.3 is 0 Å². The third-order valence-corrected chi connectivity index (χ3v) is 3.91. The molecular weight excluding hydrogens is 280 g/mol. The van der Waals surface area contributed by atoms with Crippen molar-refractivity contribution in [2.75, 3.05) is 39.9 Å². The predicted molar refractivity (Wildman–Crippen MR) is 89.8 cm³/mol. The van der Waals surface area contributed by atoms with Gasteiger partial charge in [-0.15, -0.1) is 0 Å². The number of methoxy groups -OCH3 is 1. The second-order valence-electron chi connectivity index (χ2n) is 5.91. The molecule has 22 heavy (non-hydrogen) atoms. The average Bonchev–Trinajstić information content (AvgIpc) is 2.49. The van der Waals surface area contributed by atoms with E-state index in [-0.39, 0.29) is 5.91 Å². The average molecular weight is 312 g/mol. The zero-order valence-corrected chi connectivity index (χ0v) is 14.1. The number of carbonyl (C=O) groups is 1. The van der Waals surface area contributed by atoms with Crippen LogP contribution in [0.5, 0.6) is 0 Å². The number of nitrogens with two attached hydrogens (primary N) is 1. The summed E-state index contributed by atoms with van der Waals surface area (Å²) in [6, 6.07) is 0. The van der Waals surface area contributed by atoms with Crippen molar-refractivity contribution >= 4 is 11.9 Å². The van der Waals surface area contributed by atoms with E-state index in [9.17, 15) is 4.79 Å². The highest BCUT2D eigenvalue weighted by atomic mass is 16.5. The van der Waals surface area contributed by atoms with E-state index < -0.39 is 0 Å². The number of unbranched alkanes of at least 4 members (excludes halogenated alkanes) is 2. The second kappa shape index (κ2) is 11.3. The molecule has 6 nitrogen and oxygen atoms in total. The van der Waals surface area contributed by atoms with E-state index in [1.807, 2.05) is 0 Å². The van der Waals surface area contributed by atoms with Crippen molar-refractivity contribution in [1.82, 2.24) is 10.2 Å². The van der Waals surface area contributed by atoms with Gasteiger partial charge in [0.15, 0.2) is 5.96 Å². The predicted octanol–water partition coefficient (Wildman–Crippen LogP) is 1.36. The van der Waals surface area contributed by atoms with Gasteiger partial charge in [-0.2, -0.15) is 0 Å². The van der Waals surface area contributed by atoms with Crippen LogP contribution in [0.2, 0.25) is 0 Å². The van der Waals surface area contributed by atoms with E-state index >= 15 is 0 Å². The van der Waals surface area contributed by atoms with Gasteiger partial charge in [0.2, 0.25) is 5.91 Å².